The summed E-state index contributed by atoms with van der Waals surface area (Å²) in [5, 5.41) is 1.55. The summed E-state index contributed by atoms with van der Waals surface area (Å²) in [6.07, 6.45) is 5.16. The van der Waals surface area contributed by atoms with Gasteiger partial charge in [0.2, 0.25) is 5.28 Å². The van der Waals surface area contributed by atoms with E-state index in [1.165, 1.54) is 37.2 Å². The van der Waals surface area contributed by atoms with Gasteiger partial charge >= 0.3 is 0 Å². The van der Waals surface area contributed by atoms with Crippen molar-refractivity contribution in [2.24, 2.45) is 5.92 Å². The molecule has 1 aromatic rings. The molecule has 1 fully saturated rings. The molecule has 0 atom stereocenters. The van der Waals surface area contributed by atoms with Gasteiger partial charge in [-0.15, -0.1) is 0 Å². The summed E-state index contributed by atoms with van der Waals surface area (Å²) >= 11 is 7.16. The maximum Gasteiger partial charge on any atom is 0.234 e. The van der Waals surface area contributed by atoms with Crippen LogP contribution in [-0.2, 0) is 0 Å². The van der Waals surface area contributed by atoms with Crippen molar-refractivity contribution in [1.82, 2.24) is 9.36 Å². The fourth-order valence-electron chi connectivity index (χ4n) is 1.89. The topological polar surface area (TPSA) is 25.8 Å². The van der Waals surface area contributed by atoms with Gasteiger partial charge in [0.25, 0.3) is 0 Å². The third-order valence-electron chi connectivity index (χ3n) is 2.78. The highest BCUT2D eigenvalue weighted by molar-refractivity contribution is 7.05. The lowest BCUT2D eigenvalue weighted by atomic mass is 9.83. The quantitative estimate of drug-likeness (QED) is 0.718. The Bertz CT molecular complexity index is 279. The highest BCUT2D eigenvalue weighted by Gasteiger charge is 2.22. The van der Waals surface area contributed by atoms with Crippen LogP contribution in [0.1, 0.15) is 43.5 Å². The molecule has 2 rings (SSSR count). The fraction of sp³-hybridized carbons (Fsp3) is 0.778. The Kier molecular flexibility index (Phi) is 2.84. The normalized spacial score (nSPS) is 29.1. The average molecular weight is 217 g/mol. The largest absolute Gasteiger partial charge is 0.234 e. The van der Waals surface area contributed by atoms with Crippen LogP contribution in [0.2, 0.25) is 5.28 Å². The van der Waals surface area contributed by atoms with E-state index in [0.29, 0.717) is 11.2 Å². The van der Waals surface area contributed by atoms with Gasteiger partial charge in [-0.05, 0) is 41.9 Å². The molecule has 0 saturated heterocycles. The summed E-state index contributed by atoms with van der Waals surface area (Å²) in [5.74, 6) is 1.51. The van der Waals surface area contributed by atoms with Crippen LogP contribution in [0.25, 0.3) is 0 Å². The van der Waals surface area contributed by atoms with Gasteiger partial charge in [0, 0.05) is 5.92 Å². The van der Waals surface area contributed by atoms with Crippen molar-refractivity contribution in [3.05, 3.63) is 10.3 Å². The van der Waals surface area contributed by atoms with E-state index in [0.717, 1.165) is 10.9 Å². The minimum absolute atomic E-state index is 0.415. The van der Waals surface area contributed by atoms with Crippen LogP contribution < -0.4 is 0 Å². The molecule has 0 radical (unpaired) electrons. The third-order valence-corrected chi connectivity index (χ3v) is 3.93. The van der Waals surface area contributed by atoms with Crippen molar-refractivity contribution >= 4 is 23.1 Å². The molecule has 0 unspecified atom stereocenters. The van der Waals surface area contributed by atoms with Crippen molar-refractivity contribution in [2.75, 3.05) is 0 Å². The molecule has 0 bridgehead atoms. The van der Waals surface area contributed by atoms with Gasteiger partial charge in [0.1, 0.15) is 5.01 Å². The molecule has 0 spiro atoms. The SMILES string of the molecule is CC1CCC(c2nc(Cl)ns2)CC1. The molecule has 0 aliphatic heterocycles. The van der Waals surface area contributed by atoms with Crippen LogP contribution in [0.15, 0.2) is 0 Å². The first kappa shape index (κ1) is 9.41. The Labute approximate surface area is 87.5 Å². The summed E-state index contributed by atoms with van der Waals surface area (Å²) < 4.78 is 4.01. The summed E-state index contributed by atoms with van der Waals surface area (Å²) in [5.41, 5.74) is 0. The van der Waals surface area contributed by atoms with E-state index in [1.54, 1.807) is 0 Å². The molecule has 2 nitrogen and oxygen atoms in total. The maximum atomic E-state index is 5.70. The van der Waals surface area contributed by atoms with Gasteiger partial charge in [0.15, 0.2) is 0 Å². The summed E-state index contributed by atoms with van der Waals surface area (Å²) in [4.78, 5) is 4.23. The second-order valence-corrected chi connectivity index (χ2v) is 4.98. The zero-order valence-electron chi connectivity index (χ0n) is 7.66. The van der Waals surface area contributed by atoms with E-state index in [-0.39, 0.29) is 0 Å². The second-order valence-electron chi connectivity index (χ2n) is 3.86. The molecule has 4 heteroatoms. The number of hydrogen-bond donors (Lipinski definition) is 0. The van der Waals surface area contributed by atoms with Crippen molar-refractivity contribution in [3.8, 4) is 0 Å². The van der Waals surface area contributed by atoms with E-state index in [2.05, 4.69) is 16.3 Å². The molecular formula is C9H13ClN2S. The van der Waals surface area contributed by atoms with Crippen LogP contribution in [0, 0.1) is 5.92 Å². The standard InChI is InChI=1S/C9H13ClN2S/c1-6-2-4-7(5-3-6)8-11-9(10)12-13-8/h6-7H,2-5H2,1H3. The van der Waals surface area contributed by atoms with Gasteiger partial charge in [-0.3, -0.25) is 0 Å². The predicted octanol–water partition coefficient (Wildman–Crippen LogP) is 3.49. The molecule has 13 heavy (non-hydrogen) atoms. The van der Waals surface area contributed by atoms with E-state index in [1.807, 2.05) is 0 Å². The number of nitrogens with zero attached hydrogens (tertiary/aromatic N) is 2. The van der Waals surface area contributed by atoms with Crippen molar-refractivity contribution < 1.29 is 0 Å². The average Bonchev–Trinajstić information content (AvgIpc) is 2.53. The Hall–Kier alpha value is -0.150. The number of aromatic nitrogens is 2. The first-order valence-electron chi connectivity index (χ1n) is 4.75. The number of rotatable bonds is 1. The van der Waals surface area contributed by atoms with E-state index in [4.69, 9.17) is 11.6 Å². The minimum atomic E-state index is 0.415. The Morgan fingerprint density at radius 3 is 2.54 bits per heavy atom. The molecule has 0 aromatic carbocycles. The molecule has 0 amide bonds. The Morgan fingerprint density at radius 1 is 1.31 bits per heavy atom. The van der Waals surface area contributed by atoms with E-state index in [9.17, 15) is 0 Å². The van der Waals surface area contributed by atoms with Gasteiger partial charge in [0.05, 0.1) is 0 Å². The lowest BCUT2D eigenvalue weighted by Gasteiger charge is -2.23. The van der Waals surface area contributed by atoms with Crippen molar-refractivity contribution in [2.45, 2.75) is 38.5 Å². The van der Waals surface area contributed by atoms with Gasteiger partial charge < -0.3 is 0 Å². The highest BCUT2D eigenvalue weighted by atomic mass is 35.5. The highest BCUT2D eigenvalue weighted by Crippen LogP contribution is 2.36. The Balaban J connectivity index is 2.02. The molecular weight excluding hydrogens is 204 g/mol. The summed E-state index contributed by atoms with van der Waals surface area (Å²) in [6.45, 7) is 2.32. The number of halogens is 1. The molecule has 0 N–H and O–H groups in total. The van der Waals surface area contributed by atoms with Gasteiger partial charge in [-0.25, -0.2) is 4.98 Å². The smallest absolute Gasteiger partial charge is 0.209 e. The van der Waals surface area contributed by atoms with E-state index < -0.39 is 0 Å². The summed E-state index contributed by atoms with van der Waals surface area (Å²) in [6, 6.07) is 0. The minimum Gasteiger partial charge on any atom is -0.209 e. The molecule has 1 heterocycles. The van der Waals surface area contributed by atoms with Crippen LogP contribution in [0.3, 0.4) is 0 Å². The molecule has 1 aliphatic carbocycles. The lowest BCUT2D eigenvalue weighted by molar-refractivity contribution is 0.347. The molecule has 1 saturated carbocycles. The van der Waals surface area contributed by atoms with Crippen LogP contribution in [0.5, 0.6) is 0 Å². The maximum absolute atomic E-state index is 5.70. The number of hydrogen-bond acceptors (Lipinski definition) is 3. The van der Waals surface area contributed by atoms with Crippen LogP contribution >= 0.6 is 23.1 Å². The molecule has 1 aliphatic rings. The second kappa shape index (κ2) is 3.93. The zero-order chi connectivity index (χ0) is 9.26. The van der Waals surface area contributed by atoms with Crippen molar-refractivity contribution in [3.63, 3.8) is 0 Å². The molecule has 1 aromatic heterocycles. The van der Waals surface area contributed by atoms with Crippen LogP contribution in [0.4, 0.5) is 0 Å². The van der Waals surface area contributed by atoms with Gasteiger partial charge in [-0.2, -0.15) is 4.37 Å². The Morgan fingerprint density at radius 2 is 2.00 bits per heavy atom. The molecule has 72 valence electrons. The zero-order valence-corrected chi connectivity index (χ0v) is 9.24. The van der Waals surface area contributed by atoms with E-state index >= 15 is 0 Å². The predicted molar refractivity (Wildman–Crippen MR) is 55.3 cm³/mol. The first-order chi connectivity index (χ1) is 6.25. The monoisotopic (exact) mass is 216 g/mol. The lowest BCUT2D eigenvalue weighted by Crippen LogP contribution is -2.10. The van der Waals surface area contributed by atoms with Gasteiger partial charge in [-0.1, -0.05) is 19.8 Å². The van der Waals surface area contributed by atoms with Crippen LogP contribution in [-0.4, -0.2) is 9.36 Å². The summed E-state index contributed by atoms with van der Waals surface area (Å²) in [7, 11) is 0. The first-order valence-corrected chi connectivity index (χ1v) is 5.90. The fourth-order valence-corrected chi connectivity index (χ4v) is 2.86. The third kappa shape index (κ3) is 2.20. The van der Waals surface area contributed by atoms with Crippen molar-refractivity contribution in [1.29, 1.82) is 0 Å².